The van der Waals surface area contributed by atoms with Crippen molar-refractivity contribution in [1.82, 2.24) is 9.29 Å². The summed E-state index contributed by atoms with van der Waals surface area (Å²) in [5.41, 5.74) is 1.73. The minimum absolute atomic E-state index is 0.0391. The molecule has 1 atom stereocenters. The lowest BCUT2D eigenvalue weighted by molar-refractivity contribution is -0.123. The first-order valence-electron chi connectivity index (χ1n) is 11.0. The number of carbonyl (C=O) groups excluding carboxylic acids is 2. The van der Waals surface area contributed by atoms with Gasteiger partial charge in [-0.3, -0.25) is 10.1 Å². The van der Waals surface area contributed by atoms with E-state index in [2.05, 4.69) is 10.3 Å². The van der Waals surface area contributed by atoms with E-state index in [1.54, 1.807) is 0 Å². The second kappa shape index (κ2) is 10.5. The van der Waals surface area contributed by atoms with Gasteiger partial charge in [-0.05, 0) is 38.0 Å². The fourth-order valence-electron chi connectivity index (χ4n) is 3.60. The van der Waals surface area contributed by atoms with Crippen molar-refractivity contribution in [2.24, 2.45) is 0 Å². The van der Waals surface area contributed by atoms with Crippen LogP contribution in [0.25, 0.3) is 11.3 Å². The number of sulfonamides is 1. The van der Waals surface area contributed by atoms with Crippen LogP contribution in [-0.4, -0.2) is 48.8 Å². The smallest absolute Gasteiger partial charge is 0.338 e. The Balaban J connectivity index is 1.39. The molecule has 0 bridgehead atoms. The van der Waals surface area contributed by atoms with Crippen molar-refractivity contribution < 1.29 is 22.7 Å². The lowest BCUT2D eigenvalue weighted by atomic mass is 10.2. The number of esters is 1. The van der Waals surface area contributed by atoms with E-state index in [1.807, 2.05) is 35.7 Å². The predicted octanol–water partition coefficient (Wildman–Crippen LogP) is 4.17. The molecule has 0 saturated carbocycles. The van der Waals surface area contributed by atoms with Crippen LogP contribution in [0.2, 0.25) is 0 Å². The van der Waals surface area contributed by atoms with Gasteiger partial charge < -0.3 is 4.74 Å². The summed E-state index contributed by atoms with van der Waals surface area (Å²) in [5, 5.41) is 4.88. The Morgan fingerprint density at radius 1 is 1.06 bits per heavy atom. The van der Waals surface area contributed by atoms with Crippen molar-refractivity contribution in [2.75, 3.05) is 18.4 Å². The summed E-state index contributed by atoms with van der Waals surface area (Å²) in [7, 11) is -3.68. The summed E-state index contributed by atoms with van der Waals surface area (Å²) in [5.74, 6) is -1.30. The van der Waals surface area contributed by atoms with Crippen LogP contribution >= 0.6 is 11.3 Å². The van der Waals surface area contributed by atoms with E-state index >= 15 is 0 Å². The van der Waals surface area contributed by atoms with E-state index in [9.17, 15) is 18.0 Å². The highest BCUT2D eigenvalue weighted by Gasteiger charge is 2.27. The highest BCUT2D eigenvalue weighted by atomic mass is 32.2. The number of hydrogen-bond donors (Lipinski definition) is 1. The second-order valence-corrected chi connectivity index (χ2v) is 10.7. The fraction of sp³-hybridized carbons (Fsp3) is 0.292. The fourth-order valence-corrected chi connectivity index (χ4v) is 5.89. The molecule has 34 heavy (non-hydrogen) atoms. The molecule has 8 nitrogen and oxygen atoms in total. The van der Waals surface area contributed by atoms with Gasteiger partial charge in [-0.1, -0.05) is 42.8 Å². The number of nitrogens with one attached hydrogen (secondary N) is 1. The van der Waals surface area contributed by atoms with Crippen LogP contribution in [0.5, 0.6) is 0 Å². The van der Waals surface area contributed by atoms with Gasteiger partial charge in [-0.2, -0.15) is 4.31 Å². The normalized spacial score (nSPS) is 15.4. The van der Waals surface area contributed by atoms with Gasteiger partial charge in [0.05, 0.1) is 16.2 Å². The summed E-state index contributed by atoms with van der Waals surface area (Å²) in [6, 6.07) is 15.3. The Morgan fingerprint density at radius 2 is 1.79 bits per heavy atom. The number of anilines is 1. The maximum Gasteiger partial charge on any atom is 0.338 e. The summed E-state index contributed by atoms with van der Waals surface area (Å²) in [6.07, 6.45) is 1.55. The van der Waals surface area contributed by atoms with Gasteiger partial charge in [0.15, 0.2) is 11.2 Å². The first kappa shape index (κ1) is 24.1. The van der Waals surface area contributed by atoms with Crippen molar-refractivity contribution in [3.05, 3.63) is 65.5 Å². The SMILES string of the molecule is CC(OC(=O)c1cccc(S(=O)(=O)N2CCCCC2)c1)C(=O)Nc1nc(-c2ccccc2)cs1. The van der Waals surface area contributed by atoms with Crippen LogP contribution < -0.4 is 5.32 Å². The molecule has 1 unspecified atom stereocenters. The third-order valence-corrected chi connectivity index (χ3v) is 8.13. The van der Waals surface area contributed by atoms with Crippen molar-refractivity contribution in [1.29, 1.82) is 0 Å². The average Bonchev–Trinajstić information content (AvgIpc) is 3.33. The molecule has 1 aliphatic heterocycles. The Kier molecular flexibility index (Phi) is 7.40. The molecule has 1 aliphatic rings. The third-order valence-electron chi connectivity index (χ3n) is 5.48. The van der Waals surface area contributed by atoms with Crippen LogP contribution in [-0.2, 0) is 19.6 Å². The van der Waals surface area contributed by atoms with Crippen molar-refractivity contribution in [2.45, 2.75) is 37.2 Å². The number of ether oxygens (including phenoxy) is 1. The minimum Gasteiger partial charge on any atom is -0.449 e. The van der Waals surface area contributed by atoms with Crippen LogP contribution in [0, 0.1) is 0 Å². The van der Waals surface area contributed by atoms with Gasteiger partial charge in [0, 0.05) is 24.0 Å². The van der Waals surface area contributed by atoms with E-state index in [-0.39, 0.29) is 10.5 Å². The Hall–Kier alpha value is -3.08. The number of thiazole rings is 1. The average molecular weight is 500 g/mol. The van der Waals surface area contributed by atoms with Crippen LogP contribution in [0.4, 0.5) is 5.13 Å². The van der Waals surface area contributed by atoms with Gasteiger partial charge >= 0.3 is 5.97 Å². The zero-order chi connectivity index (χ0) is 24.1. The molecule has 178 valence electrons. The molecular formula is C24H25N3O5S2. The summed E-state index contributed by atoms with van der Waals surface area (Å²) in [6.45, 7) is 2.39. The molecule has 1 N–H and O–H groups in total. The number of hydrogen-bond acceptors (Lipinski definition) is 7. The Morgan fingerprint density at radius 3 is 2.53 bits per heavy atom. The standard InChI is InChI=1S/C24H25N3O5S2/c1-17(22(28)26-24-25-21(16-33-24)18-9-4-2-5-10-18)32-23(29)19-11-8-12-20(15-19)34(30,31)27-13-6-3-7-14-27/h2,4-5,8-12,15-17H,3,6-7,13-14H2,1H3,(H,25,26,28). The molecule has 1 saturated heterocycles. The number of amides is 1. The molecule has 2 aromatic carbocycles. The number of rotatable bonds is 7. The van der Waals surface area contributed by atoms with E-state index in [0.717, 1.165) is 30.5 Å². The first-order chi connectivity index (χ1) is 16.3. The van der Waals surface area contributed by atoms with Gasteiger partial charge in [-0.25, -0.2) is 18.2 Å². The highest BCUT2D eigenvalue weighted by Crippen LogP contribution is 2.25. The van der Waals surface area contributed by atoms with Crippen molar-refractivity contribution in [3.63, 3.8) is 0 Å². The molecule has 0 radical (unpaired) electrons. The minimum atomic E-state index is -3.68. The summed E-state index contributed by atoms with van der Waals surface area (Å²) < 4.78 is 32.5. The van der Waals surface area contributed by atoms with Crippen LogP contribution in [0.1, 0.15) is 36.5 Å². The number of benzene rings is 2. The zero-order valence-corrected chi connectivity index (χ0v) is 20.3. The first-order valence-corrected chi connectivity index (χ1v) is 13.3. The Labute approximate surface area is 202 Å². The summed E-state index contributed by atoms with van der Waals surface area (Å²) >= 11 is 1.27. The predicted molar refractivity (Wildman–Crippen MR) is 130 cm³/mol. The quantitative estimate of drug-likeness (QED) is 0.489. The number of piperidine rings is 1. The molecule has 2 heterocycles. The van der Waals surface area contributed by atoms with E-state index in [4.69, 9.17) is 4.74 Å². The third kappa shape index (κ3) is 5.52. The lowest BCUT2D eigenvalue weighted by Gasteiger charge is -2.26. The van der Waals surface area contributed by atoms with E-state index < -0.39 is 28.0 Å². The topological polar surface area (TPSA) is 106 Å². The van der Waals surface area contributed by atoms with Gasteiger partial charge in [0.1, 0.15) is 0 Å². The maximum atomic E-state index is 12.9. The number of aromatic nitrogens is 1. The number of carbonyl (C=O) groups is 2. The zero-order valence-electron chi connectivity index (χ0n) is 18.6. The van der Waals surface area contributed by atoms with Crippen LogP contribution in [0.3, 0.4) is 0 Å². The van der Waals surface area contributed by atoms with Crippen molar-refractivity contribution >= 4 is 38.4 Å². The molecule has 10 heteroatoms. The van der Waals surface area contributed by atoms with E-state index in [0.29, 0.717) is 18.2 Å². The largest absolute Gasteiger partial charge is 0.449 e. The van der Waals surface area contributed by atoms with Crippen molar-refractivity contribution in [3.8, 4) is 11.3 Å². The lowest BCUT2D eigenvalue weighted by Crippen LogP contribution is -2.35. The van der Waals surface area contributed by atoms with E-state index in [1.165, 1.54) is 46.8 Å². The van der Waals surface area contributed by atoms with Gasteiger partial charge in [-0.15, -0.1) is 11.3 Å². The molecular weight excluding hydrogens is 474 g/mol. The molecule has 0 spiro atoms. The molecule has 1 aromatic heterocycles. The Bertz CT molecular complexity index is 1270. The molecule has 4 rings (SSSR count). The molecule has 1 fully saturated rings. The number of nitrogens with zero attached hydrogens (tertiary/aromatic N) is 2. The van der Waals surface area contributed by atoms with Crippen LogP contribution in [0.15, 0.2) is 64.9 Å². The maximum absolute atomic E-state index is 12.9. The molecule has 1 amide bonds. The second-order valence-electron chi connectivity index (χ2n) is 7.93. The molecule has 3 aromatic rings. The monoisotopic (exact) mass is 499 g/mol. The van der Waals surface area contributed by atoms with Gasteiger partial charge in [0.2, 0.25) is 10.0 Å². The highest BCUT2D eigenvalue weighted by molar-refractivity contribution is 7.89. The van der Waals surface area contributed by atoms with Gasteiger partial charge in [0.25, 0.3) is 5.91 Å². The summed E-state index contributed by atoms with van der Waals surface area (Å²) in [4.78, 5) is 29.6. The molecule has 0 aliphatic carbocycles.